The summed E-state index contributed by atoms with van der Waals surface area (Å²) in [4.78, 5) is 5.44. The molecule has 0 radical (unpaired) electrons. The third-order valence-electron chi connectivity index (χ3n) is 5.54. The van der Waals surface area contributed by atoms with Gasteiger partial charge in [0.2, 0.25) is 0 Å². The van der Waals surface area contributed by atoms with E-state index in [0.29, 0.717) is 5.41 Å². The monoisotopic (exact) mass is 374 g/mol. The smallest absolute Gasteiger partial charge is 0.243 e. The lowest BCUT2D eigenvalue weighted by molar-refractivity contribution is 0.330. The van der Waals surface area contributed by atoms with E-state index in [1.165, 1.54) is 53.3 Å². The zero-order chi connectivity index (χ0) is 17.7. The van der Waals surface area contributed by atoms with Gasteiger partial charge in [0, 0.05) is 11.1 Å². The van der Waals surface area contributed by atoms with Crippen LogP contribution in [0.5, 0.6) is 0 Å². The molecule has 0 aliphatic heterocycles. The Morgan fingerprint density at radius 2 is 1.88 bits per heavy atom. The second kappa shape index (κ2) is 6.04. The van der Waals surface area contributed by atoms with Gasteiger partial charge in [-0.25, -0.2) is 18.5 Å². The molecule has 2 aromatic rings. The SMILES string of the molecule is Cc1csc(C2=C(c3ccc(S(N)(=O)=O)nc3)CC3(CCCC3)C2)c1. The molecule has 25 heavy (non-hydrogen) atoms. The highest BCUT2D eigenvalue weighted by molar-refractivity contribution is 7.89. The molecule has 4 rings (SSSR count). The van der Waals surface area contributed by atoms with E-state index < -0.39 is 10.0 Å². The summed E-state index contributed by atoms with van der Waals surface area (Å²) in [7, 11) is -3.75. The molecule has 1 fully saturated rings. The molecule has 0 aromatic carbocycles. The molecule has 2 aliphatic carbocycles. The number of rotatable bonds is 3. The van der Waals surface area contributed by atoms with Crippen molar-refractivity contribution in [3.05, 3.63) is 45.8 Å². The van der Waals surface area contributed by atoms with Crippen LogP contribution in [0.2, 0.25) is 0 Å². The number of hydrogen-bond donors (Lipinski definition) is 1. The van der Waals surface area contributed by atoms with E-state index in [2.05, 4.69) is 23.4 Å². The van der Waals surface area contributed by atoms with Crippen molar-refractivity contribution in [3.8, 4) is 0 Å². The number of hydrogen-bond acceptors (Lipinski definition) is 4. The van der Waals surface area contributed by atoms with Crippen LogP contribution in [-0.2, 0) is 10.0 Å². The Bertz CT molecular complexity index is 934. The summed E-state index contributed by atoms with van der Waals surface area (Å²) in [5.41, 5.74) is 5.46. The van der Waals surface area contributed by atoms with Crippen LogP contribution in [0.1, 0.15) is 54.5 Å². The molecule has 132 valence electrons. The molecule has 2 heterocycles. The van der Waals surface area contributed by atoms with Crippen LogP contribution < -0.4 is 5.14 Å². The Kier molecular flexibility index (Phi) is 4.09. The zero-order valence-electron chi connectivity index (χ0n) is 14.3. The van der Waals surface area contributed by atoms with E-state index in [1.807, 2.05) is 6.07 Å². The number of sulfonamides is 1. The Balaban J connectivity index is 1.77. The average Bonchev–Trinajstić information content (AvgIpc) is 3.28. The summed E-state index contributed by atoms with van der Waals surface area (Å²) in [5, 5.41) is 7.30. The van der Waals surface area contributed by atoms with Gasteiger partial charge in [0.1, 0.15) is 0 Å². The first-order valence-electron chi connectivity index (χ1n) is 8.63. The van der Waals surface area contributed by atoms with Crippen molar-refractivity contribution >= 4 is 32.5 Å². The fraction of sp³-hybridized carbons (Fsp3) is 0.421. The van der Waals surface area contributed by atoms with Crippen LogP contribution >= 0.6 is 11.3 Å². The summed E-state index contributed by atoms with van der Waals surface area (Å²) in [6, 6.07) is 5.64. The van der Waals surface area contributed by atoms with Crippen molar-refractivity contribution in [2.75, 3.05) is 0 Å². The molecule has 0 unspecified atom stereocenters. The van der Waals surface area contributed by atoms with Crippen LogP contribution in [-0.4, -0.2) is 13.4 Å². The second-order valence-corrected chi connectivity index (χ2v) is 9.86. The predicted octanol–water partition coefficient (Wildman–Crippen LogP) is 4.36. The molecular weight excluding hydrogens is 352 g/mol. The van der Waals surface area contributed by atoms with Gasteiger partial charge in [-0.05, 0) is 77.8 Å². The van der Waals surface area contributed by atoms with Gasteiger partial charge in [-0.15, -0.1) is 11.3 Å². The maximum atomic E-state index is 11.5. The van der Waals surface area contributed by atoms with Crippen molar-refractivity contribution in [2.45, 2.75) is 50.5 Å². The molecular formula is C19H22N2O2S2. The van der Waals surface area contributed by atoms with Gasteiger partial charge in [-0.3, -0.25) is 0 Å². The molecule has 0 saturated heterocycles. The standard InChI is InChI=1S/C19H22N2O2S2/c1-13-8-17(24-12-13)16-10-19(6-2-3-7-19)9-15(16)14-4-5-18(21-11-14)25(20,22)23/h4-5,8,11-12H,2-3,6-7,9-10H2,1H3,(H2,20,22,23). The Morgan fingerprint density at radius 3 is 2.44 bits per heavy atom. The van der Waals surface area contributed by atoms with Crippen molar-refractivity contribution in [2.24, 2.45) is 10.6 Å². The summed E-state index contributed by atoms with van der Waals surface area (Å²) in [6.45, 7) is 2.13. The van der Waals surface area contributed by atoms with Gasteiger partial charge in [0.05, 0.1) is 0 Å². The second-order valence-electron chi connectivity index (χ2n) is 7.44. The van der Waals surface area contributed by atoms with E-state index >= 15 is 0 Å². The lowest BCUT2D eigenvalue weighted by atomic mass is 9.81. The number of allylic oxidation sites excluding steroid dienone is 2. The summed E-state index contributed by atoms with van der Waals surface area (Å²) in [6.07, 6.45) is 9.05. The third-order valence-corrected chi connectivity index (χ3v) is 7.47. The maximum absolute atomic E-state index is 11.5. The summed E-state index contributed by atoms with van der Waals surface area (Å²) >= 11 is 1.80. The number of nitrogens with zero attached hydrogens (tertiary/aromatic N) is 1. The maximum Gasteiger partial charge on any atom is 0.255 e. The first kappa shape index (κ1) is 16.9. The fourth-order valence-electron chi connectivity index (χ4n) is 4.33. The Labute approximate surface area is 152 Å². The van der Waals surface area contributed by atoms with E-state index in [-0.39, 0.29) is 5.03 Å². The first-order chi connectivity index (χ1) is 11.9. The van der Waals surface area contributed by atoms with Gasteiger partial charge in [-0.1, -0.05) is 18.9 Å². The first-order valence-corrected chi connectivity index (χ1v) is 11.1. The van der Waals surface area contributed by atoms with Crippen molar-refractivity contribution < 1.29 is 8.42 Å². The van der Waals surface area contributed by atoms with Gasteiger partial charge in [-0.2, -0.15) is 0 Å². The molecule has 6 heteroatoms. The molecule has 0 amide bonds. The lowest BCUT2D eigenvalue weighted by Gasteiger charge is -2.23. The molecule has 4 nitrogen and oxygen atoms in total. The molecule has 0 bridgehead atoms. The minimum absolute atomic E-state index is 0.0704. The number of aryl methyl sites for hydroxylation is 1. The molecule has 0 atom stereocenters. The summed E-state index contributed by atoms with van der Waals surface area (Å²) in [5.74, 6) is 0. The molecule has 2 aliphatic rings. The van der Waals surface area contributed by atoms with Gasteiger partial charge in [0.15, 0.2) is 5.03 Å². The van der Waals surface area contributed by atoms with Gasteiger partial charge < -0.3 is 0 Å². The van der Waals surface area contributed by atoms with Gasteiger partial charge in [0.25, 0.3) is 10.0 Å². The van der Waals surface area contributed by atoms with Crippen LogP contribution in [0, 0.1) is 12.3 Å². The third kappa shape index (κ3) is 3.18. The number of thiophene rings is 1. The lowest BCUT2D eigenvalue weighted by Crippen LogP contribution is -2.14. The zero-order valence-corrected chi connectivity index (χ0v) is 15.9. The largest absolute Gasteiger partial charge is 0.255 e. The van der Waals surface area contributed by atoms with Crippen molar-refractivity contribution in [1.82, 2.24) is 4.98 Å². The quantitative estimate of drug-likeness (QED) is 0.867. The highest BCUT2D eigenvalue weighted by atomic mass is 32.2. The minimum atomic E-state index is -3.75. The van der Waals surface area contributed by atoms with Crippen molar-refractivity contribution in [1.29, 1.82) is 0 Å². The molecule has 2 aromatic heterocycles. The van der Waals surface area contributed by atoms with Crippen LogP contribution in [0.4, 0.5) is 0 Å². The van der Waals surface area contributed by atoms with E-state index in [9.17, 15) is 8.42 Å². The Morgan fingerprint density at radius 1 is 1.16 bits per heavy atom. The number of pyridine rings is 1. The fourth-order valence-corrected chi connectivity index (χ4v) is 5.76. The predicted molar refractivity (Wildman–Crippen MR) is 102 cm³/mol. The molecule has 1 spiro atoms. The van der Waals surface area contributed by atoms with Crippen LogP contribution in [0.15, 0.2) is 34.8 Å². The van der Waals surface area contributed by atoms with Crippen LogP contribution in [0.3, 0.4) is 0 Å². The summed E-state index contributed by atoms with van der Waals surface area (Å²) < 4.78 is 22.9. The highest BCUT2D eigenvalue weighted by Crippen LogP contribution is 2.58. The minimum Gasteiger partial charge on any atom is -0.243 e. The highest BCUT2D eigenvalue weighted by Gasteiger charge is 2.41. The molecule has 2 N–H and O–H groups in total. The molecule has 1 saturated carbocycles. The topological polar surface area (TPSA) is 73.1 Å². The van der Waals surface area contributed by atoms with Crippen molar-refractivity contribution in [3.63, 3.8) is 0 Å². The number of primary sulfonamides is 1. The van der Waals surface area contributed by atoms with Crippen LogP contribution in [0.25, 0.3) is 11.1 Å². The number of aromatic nitrogens is 1. The Hall–Kier alpha value is -1.50. The van der Waals surface area contributed by atoms with E-state index in [1.54, 1.807) is 17.5 Å². The normalized spacial score (nSPS) is 19.9. The van der Waals surface area contributed by atoms with E-state index in [4.69, 9.17) is 5.14 Å². The number of nitrogens with two attached hydrogens (primary N) is 1. The van der Waals surface area contributed by atoms with E-state index in [0.717, 1.165) is 18.4 Å². The average molecular weight is 375 g/mol. The van der Waals surface area contributed by atoms with Gasteiger partial charge >= 0.3 is 0 Å².